The summed E-state index contributed by atoms with van der Waals surface area (Å²) < 4.78 is -3.41. The van der Waals surface area contributed by atoms with E-state index in [2.05, 4.69) is 0 Å². The van der Waals surface area contributed by atoms with E-state index in [0.717, 1.165) is 0 Å². The minimum absolute atomic E-state index is 1.14. The first-order chi connectivity index (χ1) is 9.10. The zero-order chi connectivity index (χ0) is 17.0. The molecule has 0 amide bonds. The molecule has 0 radical (unpaired) electrons. The number of rotatable bonds is 3. The zero-order valence-corrected chi connectivity index (χ0v) is 9.59. The lowest BCUT2D eigenvalue weighted by atomic mass is 10.7. The molecule has 0 spiro atoms. The zero-order valence-electron chi connectivity index (χ0n) is 9.59. The Morgan fingerprint density at radius 1 is 0.476 bits per heavy atom. The van der Waals surface area contributed by atoms with Gasteiger partial charge in [-0.2, -0.15) is 13.7 Å². The fourth-order valence-corrected chi connectivity index (χ4v) is 1.32. The van der Waals surface area contributed by atoms with Crippen LogP contribution in [0.5, 0.6) is 0 Å². The topological polar surface area (TPSA) is 248 Å². The second-order valence-electron chi connectivity index (χ2n) is 3.65. The van der Waals surface area contributed by atoms with Crippen LogP contribution in [0.2, 0.25) is 0 Å². The van der Waals surface area contributed by atoms with Crippen molar-refractivity contribution in [2.75, 3.05) is 0 Å². The molecule has 15 heteroatoms. The van der Waals surface area contributed by atoms with E-state index in [1.807, 2.05) is 0 Å². The Kier molecular flexibility index (Phi) is 3.69. The fraction of sp³-hybridized carbons (Fsp3) is 0.500. The van der Waals surface area contributed by atoms with Crippen LogP contribution in [0.3, 0.4) is 0 Å². The molecule has 15 nitrogen and oxygen atoms in total. The van der Waals surface area contributed by atoms with Gasteiger partial charge in [0.2, 0.25) is 0 Å². The molecule has 1 aromatic heterocycles. The Bertz CT molecular complexity index is 588. The first-order valence-electron chi connectivity index (χ1n) is 4.64. The average Bonchev–Trinajstić information content (AvgIpc) is 2.07. The van der Waals surface area contributed by atoms with Gasteiger partial charge in [-0.1, -0.05) is 0 Å². The Labute approximate surface area is 110 Å². The van der Waals surface area contributed by atoms with Gasteiger partial charge in [-0.25, -0.2) is 14.4 Å². The Balaban J connectivity index is 4.21. The second kappa shape index (κ2) is 4.53. The van der Waals surface area contributed by atoms with Crippen molar-refractivity contribution in [3.8, 4) is 0 Å². The molecule has 1 heterocycles. The van der Waals surface area contributed by atoms with Gasteiger partial charge in [-0.05, 0) is 0 Å². The summed E-state index contributed by atoms with van der Waals surface area (Å²) in [6.45, 7) is 0. The highest BCUT2D eigenvalue weighted by molar-refractivity contribution is 4.82. The quantitative estimate of drug-likeness (QED) is 0.236. The molecule has 0 saturated carbocycles. The standard InChI is InChI=1S/C6H9N3O12/c10-1-7(4(13,14)15)2(11)9(6(19,20)21)3(12)8(1)5(16,17)18/h13-21H. The van der Waals surface area contributed by atoms with E-state index >= 15 is 0 Å². The molecular formula is C6H9N3O12. The van der Waals surface area contributed by atoms with Gasteiger partial charge in [-0.3, -0.25) is 0 Å². The van der Waals surface area contributed by atoms with Crippen molar-refractivity contribution in [3.05, 3.63) is 31.5 Å². The van der Waals surface area contributed by atoms with Crippen LogP contribution in [0.25, 0.3) is 0 Å². The first-order valence-corrected chi connectivity index (χ1v) is 4.64. The highest BCUT2D eigenvalue weighted by Gasteiger charge is 2.40. The van der Waals surface area contributed by atoms with Crippen LogP contribution in [0.4, 0.5) is 0 Å². The monoisotopic (exact) mass is 315 g/mol. The lowest BCUT2D eigenvalue weighted by molar-refractivity contribution is -0.404. The smallest absolute Gasteiger partial charge is 0.325 e. The van der Waals surface area contributed by atoms with E-state index in [-0.39, 0.29) is 0 Å². The fourth-order valence-electron chi connectivity index (χ4n) is 1.32. The Morgan fingerprint density at radius 3 is 0.714 bits per heavy atom. The molecule has 0 saturated heterocycles. The number of hydrogen-bond donors (Lipinski definition) is 9. The van der Waals surface area contributed by atoms with E-state index in [1.165, 1.54) is 0 Å². The summed E-state index contributed by atoms with van der Waals surface area (Å²) in [5.74, 6) is 0. The van der Waals surface area contributed by atoms with Gasteiger partial charge in [0, 0.05) is 0 Å². The molecule has 0 aromatic carbocycles. The van der Waals surface area contributed by atoms with Crippen LogP contribution < -0.4 is 17.1 Å². The van der Waals surface area contributed by atoms with Gasteiger partial charge in [0.25, 0.3) is 0 Å². The van der Waals surface area contributed by atoms with Crippen molar-refractivity contribution < 1.29 is 46.0 Å². The minimum atomic E-state index is -4.37. The predicted molar refractivity (Wildman–Crippen MR) is 53.1 cm³/mol. The maximum Gasteiger partial charge on any atom is 0.381 e. The molecule has 21 heavy (non-hydrogen) atoms. The molecular weight excluding hydrogens is 306 g/mol. The van der Waals surface area contributed by atoms with Gasteiger partial charge in [-0.15, -0.1) is 0 Å². The lowest BCUT2D eigenvalue weighted by Crippen LogP contribution is -2.67. The van der Waals surface area contributed by atoms with E-state index in [1.54, 1.807) is 0 Å². The van der Waals surface area contributed by atoms with Crippen LogP contribution in [0.15, 0.2) is 14.4 Å². The van der Waals surface area contributed by atoms with Crippen LogP contribution in [-0.2, 0) is 18.3 Å². The van der Waals surface area contributed by atoms with Gasteiger partial charge in [0.15, 0.2) is 0 Å². The Morgan fingerprint density at radius 2 is 0.619 bits per heavy atom. The molecule has 1 rings (SSSR count). The predicted octanol–water partition coefficient (Wildman–Crippen LogP) is -8.19. The van der Waals surface area contributed by atoms with E-state index < -0.39 is 49.1 Å². The SMILES string of the molecule is O=c1n(C(O)(O)O)c(=O)n(C(O)(O)O)c(=O)n1C(O)(O)O. The average molecular weight is 315 g/mol. The summed E-state index contributed by atoms with van der Waals surface area (Å²) in [5, 5.41) is 79.0. The normalized spacial score (nSPS) is 13.6. The largest absolute Gasteiger partial charge is 0.381 e. The third kappa shape index (κ3) is 2.90. The summed E-state index contributed by atoms with van der Waals surface area (Å²) in [5.41, 5.74) is -7.19. The first kappa shape index (κ1) is 17.1. The summed E-state index contributed by atoms with van der Waals surface area (Å²) in [7, 11) is 0. The van der Waals surface area contributed by atoms with Gasteiger partial charge < -0.3 is 46.0 Å². The molecule has 0 aliphatic carbocycles. The minimum Gasteiger partial charge on any atom is -0.325 e. The van der Waals surface area contributed by atoms with E-state index in [9.17, 15) is 14.4 Å². The van der Waals surface area contributed by atoms with Crippen LogP contribution in [0, 0.1) is 0 Å². The summed E-state index contributed by atoms with van der Waals surface area (Å²) in [6, 6.07) is 0. The third-order valence-corrected chi connectivity index (χ3v) is 2.05. The van der Waals surface area contributed by atoms with Crippen molar-refractivity contribution in [1.82, 2.24) is 13.7 Å². The van der Waals surface area contributed by atoms with E-state index in [4.69, 9.17) is 46.0 Å². The Hall–Kier alpha value is -1.95. The molecule has 1 aromatic rings. The highest BCUT2D eigenvalue weighted by Crippen LogP contribution is 2.01. The van der Waals surface area contributed by atoms with Gasteiger partial charge in [0.05, 0.1) is 0 Å². The van der Waals surface area contributed by atoms with Crippen LogP contribution in [0.1, 0.15) is 0 Å². The second-order valence-corrected chi connectivity index (χ2v) is 3.65. The molecule has 0 fully saturated rings. The van der Waals surface area contributed by atoms with Gasteiger partial charge in [0.1, 0.15) is 0 Å². The van der Waals surface area contributed by atoms with Crippen LogP contribution in [-0.4, -0.2) is 59.7 Å². The lowest BCUT2D eigenvalue weighted by Gasteiger charge is -2.24. The van der Waals surface area contributed by atoms with Crippen molar-refractivity contribution in [1.29, 1.82) is 0 Å². The summed E-state index contributed by atoms with van der Waals surface area (Å²) in [4.78, 5) is 34.5. The highest BCUT2D eigenvalue weighted by atomic mass is 16.7. The van der Waals surface area contributed by atoms with Crippen molar-refractivity contribution in [3.63, 3.8) is 0 Å². The van der Waals surface area contributed by atoms with Crippen molar-refractivity contribution >= 4 is 0 Å². The summed E-state index contributed by atoms with van der Waals surface area (Å²) >= 11 is 0. The van der Waals surface area contributed by atoms with Gasteiger partial charge >= 0.3 is 35.4 Å². The van der Waals surface area contributed by atoms with Crippen molar-refractivity contribution in [2.24, 2.45) is 0 Å². The molecule has 0 bridgehead atoms. The number of aromatic nitrogens is 3. The molecule has 0 unspecified atom stereocenters. The molecule has 120 valence electrons. The number of aliphatic hydroxyl groups is 9. The maximum absolute atomic E-state index is 11.5. The number of nitrogens with zero attached hydrogens (tertiary/aromatic N) is 3. The van der Waals surface area contributed by atoms with Crippen LogP contribution >= 0.6 is 0 Å². The molecule has 0 atom stereocenters. The number of hydrogen-bond acceptors (Lipinski definition) is 12. The molecule has 0 aliphatic heterocycles. The summed E-state index contributed by atoms with van der Waals surface area (Å²) in [6.07, 6.45) is -13.1. The van der Waals surface area contributed by atoms with E-state index in [0.29, 0.717) is 0 Å². The molecule has 9 N–H and O–H groups in total. The van der Waals surface area contributed by atoms with Crippen molar-refractivity contribution in [2.45, 2.75) is 18.3 Å². The third-order valence-electron chi connectivity index (χ3n) is 2.05. The molecule has 0 aliphatic rings. The maximum atomic E-state index is 11.5.